The van der Waals surface area contributed by atoms with Crippen LogP contribution in [0.5, 0.6) is 5.88 Å². The van der Waals surface area contributed by atoms with Crippen molar-refractivity contribution in [3.8, 4) is 17.0 Å². The predicted octanol–water partition coefficient (Wildman–Crippen LogP) is 4.19. The molecule has 1 amide bonds. The number of hydrogen-bond acceptors (Lipinski definition) is 6. The standard InChI is InChI=1S/C22H18FN3O3S/c23-17-6-4-15(5-7-17)18-12-30-22-19(18)21(25-13-26-22)29-9-8-28-11-14-2-1-3-16(10-14)20(24)27/h1-7,10,12-13H,8-9,11H2,(H2,24,27). The third kappa shape index (κ3) is 4.45. The van der Waals surface area contributed by atoms with Gasteiger partial charge in [0, 0.05) is 16.5 Å². The first-order valence-corrected chi connectivity index (χ1v) is 10.1. The number of fused-ring (bicyclic) bond motifs is 1. The molecule has 0 radical (unpaired) electrons. The summed E-state index contributed by atoms with van der Waals surface area (Å²) in [4.78, 5) is 20.6. The monoisotopic (exact) mass is 423 g/mol. The lowest BCUT2D eigenvalue weighted by atomic mass is 10.1. The van der Waals surface area contributed by atoms with E-state index in [1.54, 1.807) is 30.3 Å². The van der Waals surface area contributed by atoms with Crippen molar-refractivity contribution in [2.75, 3.05) is 13.2 Å². The van der Waals surface area contributed by atoms with Crippen LogP contribution in [-0.2, 0) is 11.3 Å². The molecule has 2 aromatic carbocycles. The third-order valence-corrected chi connectivity index (χ3v) is 5.32. The van der Waals surface area contributed by atoms with Crippen LogP contribution in [0.2, 0.25) is 0 Å². The van der Waals surface area contributed by atoms with Gasteiger partial charge in [-0.15, -0.1) is 11.3 Å². The summed E-state index contributed by atoms with van der Waals surface area (Å²) >= 11 is 1.48. The molecule has 0 aliphatic heterocycles. The number of benzene rings is 2. The smallest absolute Gasteiger partial charge is 0.248 e. The fourth-order valence-electron chi connectivity index (χ4n) is 3.00. The van der Waals surface area contributed by atoms with Gasteiger partial charge < -0.3 is 15.2 Å². The highest BCUT2D eigenvalue weighted by Gasteiger charge is 2.14. The maximum Gasteiger partial charge on any atom is 0.248 e. The fourth-order valence-corrected chi connectivity index (χ4v) is 3.91. The highest BCUT2D eigenvalue weighted by atomic mass is 32.1. The van der Waals surface area contributed by atoms with Gasteiger partial charge in [0.05, 0.1) is 18.6 Å². The Bertz CT molecular complexity index is 1180. The van der Waals surface area contributed by atoms with Crippen LogP contribution in [0.3, 0.4) is 0 Å². The van der Waals surface area contributed by atoms with Gasteiger partial charge in [-0.05, 0) is 35.4 Å². The van der Waals surface area contributed by atoms with Crippen molar-refractivity contribution in [1.29, 1.82) is 0 Å². The van der Waals surface area contributed by atoms with Crippen molar-refractivity contribution in [2.45, 2.75) is 6.61 Å². The Morgan fingerprint density at radius 2 is 1.93 bits per heavy atom. The maximum absolute atomic E-state index is 13.3. The third-order valence-electron chi connectivity index (χ3n) is 4.44. The summed E-state index contributed by atoms with van der Waals surface area (Å²) in [6, 6.07) is 13.3. The van der Waals surface area contributed by atoms with Gasteiger partial charge in [-0.1, -0.05) is 24.3 Å². The molecule has 2 aromatic heterocycles. The van der Waals surface area contributed by atoms with Crippen LogP contribution < -0.4 is 10.5 Å². The van der Waals surface area contributed by atoms with Crippen LogP contribution in [0.25, 0.3) is 21.3 Å². The summed E-state index contributed by atoms with van der Waals surface area (Å²) in [5.74, 6) is -0.301. The molecular weight excluding hydrogens is 405 g/mol. The molecule has 6 nitrogen and oxygen atoms in total. The van der Waals surface area contributed by atoms with Crippen molar-refractivity contribution < 1.29 is 18.7 Å². The van der Waals surface area contributed by atoms with Crippen molar-refractivity contribution in [2.24, 2.45) is 5.73 Å². The van der Waals surface area contributed by atoms with Crippen LogP contribution >= 0.6 is 11.3 Å². The van der Waals surface area contributed by atoms with Crippen LogP contribution in [0.15, 0.2) is 60.2 Å². The lowest BCUT2D eigenvalue weighted by Gasteiger charge is -2.09. The molecule has 0 bridgehead atoms. The summed E-state index contributed by atoms with van der Waals surface area (Å²) in [7, 11) is 0. The number of hydrogen-bond donors (Lipinski definition) is 1. The topological polar surface area (TPSA) is 87.3 Å². The minimum atomic E-state index is -0.472. The van der Waals surface area contributed by atoms with Gasteiger partial charge in [-0.2, -0.15) is 0 Å². The predicted molar refractivity (Wildman–Crippen MR) is 113 cm³/mol. The molecule has 4 rings (SSSR count). The van der Waals surface area contributed by atoms with E-state index in [-0.39, 0.29) is 5.82 Å². The summed E-state index contributed by atoms with van der Waals surface area (Å²) in [5.41, 5.74) is 8.36. The van der Waals surface area contributed by atoms with E-state index in [1.807, 2.05) is 11.4 Å². The fraction of sp³-hybridized carbons (Fsp3) is 0.136. The molecule has 0 saturated carbocycles. The van der Waals surface area contributed by atoms with Crippen LogP contribution in [0.1, 0.15) is 15.9 Å². The van der Waals surface area contributed by atoms with E-state index in [2.05, 4.69) is 9.97 Å². The molecule has 0 spiro atoms. The Balaban J connectivity index is 1.41. The number of rotatable bonds is 8. The number of primary amides is 1. The summed E-state index contributed by atoms with van der Waals surface area (Å²) in [6.45, 7) is 0.964. The highest BCUT2D eigenvalue weighted by molar-refractivity contribution is 7.17. The number of carbonyl (C=O) groups is 1. The summed E-state index contributed by atoms with van der Waals surface area (Å²) in [6.07, 6.45) is 1.46. The lowest BCUT2D eigenvalue weighted by Crippen LogP contribution is -2.11. The SMILES string of the molecule is NC(=O)c1cccc(COCCOc2ncnc3scc(-c4ccc(F)cc4)c23)c1. The zero-order valence-electron chi connectivity index (χ0n) is 15.9. The number of nitrogens with two attached hydrogens (primary N) is 1. The van der Waals surface area contributed by atoms with Crippen LogP contribution in [0, 0.1) is 5.82 Å². The van der Waals surface area contributed by atoms with Crippen LogP contribution in [0.4, 0.5) is 4.39 Å². The Morgan fingerprint density at radius 3 is 2.73 bits per heavy atom. The number of halogens is 1. The summed E-state index contributed by atoms with van der Waals surface area (Å²) in [5, 5.41) is 2.75. The van der Waals surface area contributed by atoms with Gasteiger partial charge in [-0.25, -0.2) is 14.4 Å². The molecule has 0 aliphatic carbocycles. The molecule has 152 valence electrons. The minimum Gasteiger partial charge on any atom is -0.475 e. The molecule has 0 unspecified atom stereocenters. The molecule has 2 heterocycles. The van der Waals surface area contributed by atoms with E-state index in [0.717, 1.165) is 26.9 Å². The Morgan fingerprint density at radius 1 is 1.10 bits per heavy atom. The molecule has 0 atom stereocenters. The van der Waals surface area contributed by atoms with Crippen molar-refractivity contribution in [3.05, 3.63) is 77.2 Å². The van der Waals surface area contributed by atoms with E-state index in [4.69, 9.17) is 15.2 Å². The van der Waals surface area contributed by atoms with Crippen LogP contribution in [-0.4, -0.2) is 29.1 Å². The van der Waals surface area contributed by atoms with Crippen molar-refractivity contribution in [3.63, 3.8) is 0 Å². The maximum atomic E-state index is 13.3. The lowest BCUT2D eigenvalue weighted by molar-refractivity contribution is 0.0878. The highest BCUT2D eigenvalue weighted by Crippen LogP contribution is 2.37. The molecule has 0 fully saturated rings. The second-order valence-electron chi connectivity index (χ2n) is 6.48. The van der Waals surface area contributed by atoms with Gasteiger partial charge in [0.15, 0.2) is 0 Å². The molecule has 30 heavy (non-hydrogen) atoms. The number of ether oxygens (including phenoxy) is 2. The molecule has 8 heteroatoms. The quantitative estimate of drug-likeness (QED) is 0.429. The second kappa shape index (κ2) is 8.98. The largest absolute Gasteiger partial charge is 0.475 e. The molecular formula is C22H18FN3O3S. The molecule has 4 aromatic rings. The van der Waals surface area contributed by atoms with Crippen molar-refractivity contribution in [1.82, 2.24) is 9.97 Å². The number of amides is 1. The second-order valence-corrected chi connectivity index (χ2v) is 7.34. The van der Waals surface area contributed by atoms with Gasteiger partial charge >= 0.3 is 0 Å². The average molecular weight is 423 g/mol. The Kier molecular flexibility index (Phi) is 5.97. The van der Waals surface area contributed by atoms with E-state index >= 15 is 0 Å². The molecule has 0 saturated heterocycles. The van der Waals surface area contributed by atoms with E-state index in [9.17, 15) is 9.18 Å². The van der Waals surface area contributed by atoms with Gasteiger partial charge in [-0.3, -0.25) is 4.79 Å². The van der Waals surface area contributed by atoms with E-state index < -0.39 is 5.91 Å². The van der Waals surface area contributed by atoms with Gasteiger partial charge in [0.2, 0.25) is 11.8 Å². The van der Waals surface area contributed by atoms with Crippen molar-refractivity contribution >= 4 is 27.5 Å². The Labute approximate surface area is 176 Å². The number of thiophene rings is 1. The molecule has 2 N–H and O–H groups in total. The van der Waals surface area contributed by atoms with E-state index in [1.165, 1.54) is 29.8 Å². The normalized spacial score (nSPS) is 11.0. The number of aromatic nitrogens is 2. The zero-order valence-corrected chi connectivity index (χ0v) is 16.7. The first-order valence-electron chi connectivity index (χ1n) is 9.19. The Hall–Kier alpha value is -3.36. The zero-order chi connectivity index (χ0) is 20.9. The molecule has 0 aliphatic rings. The average Bonchev–Trinajstić information content (AvgIpc) is 3.19. The van der Waals surface area contributed by atoms with Gasteiger partial charge in [0.1, 0.15) is 23.6 Å². The summed E-state index contributed by atoms with van der Waals surface area (Å²) < 4.78 is 24.7. The number of nitrogens with zero attached hydrogens (tertiary/aromatic N) is 2. The number of carbonyl (C=O) groups excluding carboxylic acids is 1. The first kappa shape index (κ1) is 19.9. The van der Waals surface area contributed by atoms with Gasteiger partial charge in [0.25, 0.3) is 0 Å². The van der Waals surface area contributed by atoms with E-state index in [0.29, 0.717) is 31.3 Å². The minimum absolute atomic E-state index is 0.287. The first-order chi connectivity index (χ1) is 14.6.